The molecular weight excluding hydrogens is 258 g/mol. The molecule has 2 rings (SSSR count). The normalized spacial score (nSPS) is 11.2. The van der Waals surface area contributed by atoms with Gasteiger partial charge in [-0.25, -0.2) is 0 Å². The topological polar surface area (TPSA) is 43.8 Å². The Bertz CT molecular complexity index is 546. The molecule has 0 spiro atoms. The Kier molecular flexibility index (Phi) is 4.48. The molecule has 1 aromatic heterocycles. The smallest absolute Gasteiger partial charge is 0.0856 e. The maximum atomic E-state index is 6.14. The quantitative estimate of drug-likeness (QED) is 0.908. The zero-order valence-corrected chi connectivity index (χ0v) is 12.2. The third kappa shape index (κ3) is 3.74. The lowest BCUT2D eigenvalue weighted by molar-refractivity contribution is 0.580. The van der Waals surface area contributed by atoms with E-state index in [-0.39, 0.29) is 0 Å². The van der Waals surface area contributed by atoms with E-state index in [0.29, 0.717) is 5.92 Å². The summed E-state index contributed by atoms with van der Waals surface area (Å²) >= 11 is 6.14. The van der Waals surface area contributed by atoms with Gasteiger partial charge in [-0.1, -0.05) is 43.6 Å². The van der Waals surface area contributed by atoms with E-state index in [1.54, 1.807) is 0 Å². The van der Waals surface area contributed by atoms with Crippen LogP contribution in [-0.4, -0.2) is 9.78 Å². The van der Waals surface area contributed by atoms with E-state index >= 15 is 0 Å². The number of benzene rings is 1. The van der Waals surface area contributed by atoms with Crippen molar-refractivity contribution >= 4 is 17.3 Å². The zero-order chi connectivity index (χ0) is 13.8. The molecule has 2 aromatic rings. The maximum Gasteiger partial charge on any atom is 0.0856 e. The third-order valence-corrected chi connectivity index (χ3v) is 3.41. The van der Waals surface area contributed by atoms with Crippen LogP contribution in [0.3, 0.4) is 0 Å². The molecule has 4 heteroatoms. The molecule has 0 radical (unpaired) electrons. The van der Waals surface area contributed by atoms with Crippen LogP contribution in [0.1, 0.15) is 25.1 Å². The van der Waals surface area contributed by atoms with Gasteiger partial charge in [-0.15, -0.1) is 0 Å². The van der Waals surface area contributed by atoms with E-state index < -0.39 is 0 Å². The van der Waals surface area contributed by atoms with Gasteiger partial charge in [0.1, 0.15) is 0 Å². The average molecular weight is 278 g/mol. The second-order valence-electron chi connectivity index (χ2n) is 5.23. The summed E-state index contributed by atoms with van der Waals surface area (Å²) in [5, 5.41) is 5.35. The zero-order valence-electron chi connectivity index (χ0n) is 11.4. The van der Waals surface area contributed by atoms with Crippen molar-refractivity contribution in [3.63, 3.8) is 0 Å². The van der Waals surface area contributed by atoms with Crippen molar-refractivity contribution in [2.24, 2.45) is 5.92 Å². The predicted molar refractivity (Wildman–Crippen MR) is 80.3 cm³/mol. The lowest BCUT2D eigenvalue weighted by Crippen LogP contribution is -2.04. The summed E-state index contributed by atoms with van der Waals surface area (Å²) in [6.45, 7) is 5.14. The van der Waals surface area contributed by atoms with Crippen molar-refractivity contribution in [3.05, 3.63) is 46.7 Å². The van der Waals surface area contributed by atoms with Gasteiger partial charge in [0.15, 0.2) is 0 Å². The first kappa shape index (κ1) is 13.9. The highest BCUT2D eigenvalue weighted by Crippen LogP contribution is 2.17. The van der Waals surface area contributed by atoms with Crippen LogP contribution in [0, 0.1) is 5.92 Å². The molecule has 1 heterocycles. The van der Waals surface area contributed by atoms with E-state index in [0.717, 1.165) is 41.4 Å². The standard InChI is InChI=1S/C15H20ClN3/c1-11(2)9-15-14(17)10-19(18-15)8-7-12-5-3-4-6-13(12)16/h3-6,10-11H,7-9,17H2,1-2H3. The Labute approximate surface area is 119 Å². The van der Waals surface area contributed by atoms with Gasteiger partial charge in [0.25, 0.3) is 0 Å². The number of nitrogens with two attached hydrogens (primary N) is 1. The lowest BCUT2D eigenvalue weighted by atomic mass is 10.1. The largest absolute Gasteiger partial charge is 0.396 e. The van der Waals surface area contributed by atoms with Crippen LogP contribution in [0.4, 0.5) is 5.69 Å². The van der Waals surface area contributed by atoms with Crippen molar-refractivity contribution in [3.8, 4) is 0 Å². The highest BCUT2D eigenvalue weighted by atomic mass is 35.5. The molecule has 2 N–H and O–H groups in total. The number of hydrogen-bond donors (Lipinski definition) is 1. The number of anilines is 1. The van der Waals surface area contributed by atoms with Crippen molar-refractivity contribution in [2.45, 2.75) is 33.2 Å². The molecule has 1 aromatic carbocycles. The molecule has 0 bridgehead atoms. The second kappa shape index (κ2) is 6.11. The lowest BCUT2D eigenvalue weighted by Gasteiger charge is -2.04. The Hall–Kier alpha value is -1.48. The minimum absolute atomic E-state index is 0.564. The van der Waals surface area contributed by atoms with Gasteiger partial charge >= 0.3 is 0 Å². The highest BCUT2D eigenvalue weighted by molar-refractivity contribution is 6.31. The summed E-state index contributed by atoms with van der Waals surface area (Å²) in [6, 6.07) is 7.91. The van der Waals surface area contributed by atoms with E-state index in [9.17, 15) is 0 Å². The number of rotatable bonds is 5. The van der Waals surface area contributed by atoms with Gasteiger partial charge < -0.3 is 5.73 Å². The monoisotopic (exact) mass is 277 g/mol. The molecular formula is C15H20ClN3. The minimum Gasteiger partial charge on any atom is -0.396 e. The fraction of sp³-hybridized carbons (Fsp3) is 0.400. The van der Waals surface area contributed by atoms with Crippen LogP contribution in [0.5, 0.6) is 0 Å². The first-order chi connectivity index (χ1) is 9.06. The summed E-state index contributed by atoms with van der Waals surface area (Å²) in [4.78, 5) is 0. The molecule has 0 saturated heterocycles. The molecule has 0 fully saturated rings. The van der Waals surface area contributed by atoms with Crippen LogP contribution < -0.4 is 5.73 Å². The Morgan fingerprint density at radius 2 is 2.05 bits per heavy atom. The van der Waals surface area contributed by atoms with Gasteiger partial charge in [0.2, 0.25) is 0 Å². The van der Waals surface area contributed by atoms with Crippen molar-refractivity contribution in [1.29, 1.82) is 0 Å². The van der Waals surface area contributed by atoms with Crippen LogP contribution in [0.25, 0.3) is 0 Å². The van der Waals surface area contributed by atoms with Gasteiger partial charge in [-0.05, 0) is 30.4 Å². The Balaban J connectivity index is 2.02. The molecule has 102 valence electrons. The van der Waals surface area contributed by atoms with Gasteiger partial charge in [-0.2, -0.15) is 5.10 Å². The number of aryl methyl sites for hydroxylation is 2. The maximum absolute atomic E-state index is 6.14. The van der Waals surface area contributed by atoms with Gasteiger partial charge in [0.05, 0.1) is 11.4 Å². The first-order valence-corrected chi connectivity index (χ1v) is 6.99. The summed E-state index contributed by atoms with van der Waals surface area (Å²) in [7, 11) is 0. The SMILES string of the molecule is CC(C)Cc1nn(CCc2ccccc2Cl)cc1N. The van der Waals surface area contributed by atoms with Crippen molar-refractivity contribution in [1.82, 2.24) is 9.78 Å². The molecule has 0 aliphatic heterocycles. The van der Waals surface area contributed by atoms with Gasteiger partial charge in [-0.3, -0.25) is 4.68 Å². The number of nitrogens with zero attached hydrogens (tertiary/aromatic N) is 2. The van der Waals surface area contributed by atoms with Crippen LogP contribution in [-0.2, 0) is 19.4 Å². The van der Waals surface area contributed by atoms with Crippen molar-refractivity contribution < 1.29 is 0 Å². The first-order valence-electron chi connectivity index (χ1n) is 6.61. The van der Waals surface area contributed by atoms with E-state index in [4.69, 9.17) is 17.3 Å². The molecule has 0 aliphatic carbocycles. The molecule has 0 unspecified atom stereocenters. The molecule has 3 nitrogen and oxygen atoms in total. The summed E-state index contributed by atoms with van der Waals surface area (Å²) in [5.41, 5.74) is 8.90. The Morgan fingerprint density at radius 1 is 1.32 bits per heavy atom. The minimum atomic E-state index is 0.564. The van der Waals surface area contributed by atoms with E-state index in [2.05, 4.69) is 18.9 Å². The van der Waals surface area contributed by atoms with E-state index in [1.807, 2.05) is 35.1 Å². The third-order valence-electron chi connectivity index (χ3n) is 3.04. The predicted octanol–water partition coefficient (Wildman–Crippen LogP) is 3.56. The number of nitrogen functional groups attached to an aromatic ring is 1. The van der Waals surface area contributed by atoms with Gasteiger partial charge in [0, 0.05) is 17.8 Å². The number of hydrogen-bond acceptors (Lipinski definition) is 2. The summed E-state index contributed by atoms with van der Waals surface area (Å²) < 4.78 is 1.91. The van der Waals surface area contributed by atoms with Crippen LogP contribution >= 0.6 is 11.6 Å². The number of aromatic nitrogens is 2. The average Bonchev–Trinajstić information content (AvgIpc) is 2.68. The fourth-order valence-electron chi connectivity index (χ4n) is 2.07. The summed E-state index contributed by atoms with van der Waals surface area (Å²) in [5.74, 6) is 0.564. The molecule has 19 heavy (non-hydrogen) atoms. The van der Waals surface area contributed by atoms with Crippen molar-refractivity contribution in [2.75, 3.05) is 5.73 Å². The van der Waals surface area contributed by atoms with Crippen LogP contribution in [0.15, 0.2) is 30.5 Å². The molecule has 0 saturated carbocycles. The fourth-order valence-corrected chi connectivity index (χ4v) is 2.30. The molecule has 0 aliphatic rings. The second-order valence-corrected chi connectivity index (χ2v) is 5.64. The van der Waals surface area contributed by atoms with E-state index in [1.165, 1.54) is 0 Å². The summed E-state index contributed by atoms with van der Waals surface area (Å²) in [6.07, 6.45) is 3.70. The highest BCUT2D eigenvalue weighted by Gasteiger charge is 2.08. The Morgan fingerprint density at radius 3 is 2.74 bits per heavy atom. The number of halogens is 1. The van der Waals surface area contributed by atoms with Crippen LogP contribution in [0.2, 0.25) is 5.02 Å². The molecule has 0 atom stereocenters. The molecule has 0 amide bonds.